The largest absolute Gasteiger partial charge is 0.408 e. The molecule has 1 aromatic carbocycles. The molecule has 2 amide bonds. The van der Waals surface area contributed by atoms with Crippen LogP contribution in [0.5, 0.6) is 0 Å². The summed E-state index contributed by atoms with van der Waals surface area (Å²) in [4.78, 5) is 48.9. The van der Waals surface area contributed by atoms with Gasteiger partial charge in [0, 0.05) is 31.5 Å². The Morgan fingerprint density at radius 1 is 1.09 bits per heavy atom. The molecule has 0 aliphatic heterocycles. The van der Waals surface area contributed by atoms with Crippen LogP contribution in [0.25, 0.3) is 0 Å². The molecule has 14 heteroatoms. The molecule has 0 spiro atoms. The lowest BCUT2D eigenvalue weighted by atomic mass is 9.84. The second kappa shape index (κ2) is 18.6. The number of nitrogens with one attached hydrogen (secondary N) is 1. The lowest BCUT2D eigenvalue weighted by Gasteiger charge is -2.48. The summed E-state index contributed by atoms with van der Waals surface area (Å²) in [6.07, 6.45) is 4.82. The predicted molar refractivity (Wildman–Crippen MR) is 172 cm³/mol. The van der Waals surface area contributed by atoms with Crippen LogP contribution in [0.15, 0.2) is 33.9 Å². The van der Waals surface area contributed by atoms with Crippen LogP contribution >= 0.6 is 36.6 Å². The van der Waals surface area contributed by atoms with E-state index in [4.69, 9.17) is 9.25 Å². The number of rotatable bonds is 16. The number of benzene rings is 1. The first-order valence-electron chi connectivity index (χ1n) is 14.1. The minimum absolute atomic E-state index is 0. The van der Waals surface area contributed by atoms with Gasteiger partial charge in [0.15, 0.2) is 0 Å². The number of carbonyl (C=O) groups excluding carboxylic acids is 3. The quantitative estimate of drug-likeness (QED) is 0.0891. The highest BCUT2D eigenvalue weighted by Gasteiger charge is 2.45. The van der Waals surface area contributed by atoms with Crippen molar-refractivity contribution in [2.24, 2.45) is 5.92 Å². The Kier molecular flexibility index (Phi) is 16.7. The number of hydrogen-bond acceptors (Lipinski definition) is 10. The Morgan fingerprint density at radius 2 is 1.74 bits per heavy atom. The molecule has 1 atom stereocenters. The first kappa shape index (κ1) is 38.8. The minimum Gasteiger partial charge on any atom is -0.408 e. The standard InChI is InChI=1S/C29H44N6O5S.2ClH/c1-21(2)18-24(25(37)27-31-32-28(40-27)41-17-16-33(3)4)35(20-36)29(14-8-7-9-15-29)30-26(38)23-12-10-22(11-13-23)19-34(5)39-6;;/h10-13,20-21,24H,7-9,14-19H2,1-6H3,(H,30,38);2*1H. The van der Waals surface area contributed by atoms with Gasteiger partial charge >= 0.3 is 0 Å². The molecule has 1 fully saturated rings. The van der Waals surface area contributed by atoms with E-state index in [2.05, 4.69) is 15.5 Å². The summed E-state index contributed by atoms with van der Waals surface area (Å²) >= 11 is 1.38. The molecule has 0 bridgehead atoms. The predicted octanol–water partition coefficient (Wildman–Crippen LogP) is 4.71. The summed E-state index contributed by atoms with van der Waals surface area (Å²) in [5.41, 5.74) is 0.465. The number of nitrogens with zero attached hydrogens (tertiary/aromatic N) is 5. The van der Waals surface area contributed by atoms with E-state index >= 15 is 0 Å². The number of aromatic nitrogens is 2. The van der Waals surface area contributed by atoms with Crippen molar-refractivity contribution in [3.63, 3.8) is 0 Å². The van der Waals surface area contributed by atoms with E-state index in [9.17, 15) is 14.4 Å². The number of hydroxylamine groups is 2. The Balaban J connectivity index is 0.00000462. The molecule has 242 valence electrons. The van der Waals surface area contributed by atoms with Gasteiger partial charge in [-0.1, -0.05) is 44.2 Å². The number of carbonyl (C=O) groups is 3. The van der Waals surface area contributed by atoms with E-state index < -0.39 is 17.5 Å². The van der Waals surface area contributed by atoms with Crippen molar-refractivity contribution in [2.45, 2.75) is 75.8 Å². The van der Waals surface area contributed by atoms with Crippen LogP contribution in [0.3, 0.4) is 0 Å². The highest BCUT2D eigenvalue weighted by Crippen LogP contribution is 2.35. The van der Waals surface area contributed by atoms with Gasteiger partial charge in [-0.15, -0.1) is 35.0 Å². The Hall–Kier alpha value is -2.22. The van der Waals surface area contributed by atoms with Crippen LogP contribution < -0.4 is 5.32 Å². The smallest absolute Gasteiger partial charge is 0.286 e. The number of thioether (sulfide) groups is 1. The molecule has 1 saturated carbocycles. The third kappa shape index (κ3) is 11.0. The number of ketones is 1. The van der Waals surface area contributed by atoms with Crippen molar-refractivity contribution in [2.75, 3.05) is 40.6 Å². The van der Waals surface area contributed by atoms with Crippen LogP contribution in [-0.2, 0) is 16.2 Å². The van der Waals surface area contributed by atoms with Crippen molar-refractivity contribution < 1.29 is 23.6 Å². The molecular formula is C29H46Cl2N6O5S. The maximum Gasteiger partial charge on any atom is 0.286 e. The minimum atomic E-state index is -1.01. The fourth-order valence-corrected chi connectivity index (χ4v) is 5.91. The number of halogens is 2. The van der Waals surface area contributed by atoms with Crippen molar-refractivity contribution >= 4 is 54.7 Å². The second-order valence-corrected chi connectivity index (χ2v) is 12.3. The lowest BCUT2D eigenvalue weighted by molar-refractivity contribution is -0.129. The lowest BCUT2D eigenvalue weighted by Crippen LogP contribution is -2.65. The highest BCUT2D eigenvalue weighted by molar-refractivity contribution is 7.99. The zero-order chi connectivity index (χ0) is 30.0. The third-order valence-corrected chi connectivity index (χ3v) is 8.08. The maximum absolute atomic E-state index is 13.8. The summed E-state index contributed by atoms with van der Waals surface area (Å²) in [6, 6.07) is 6.42. The van der Waals surface area contributed by atoms with Crippen LogP contribution in [-0.4, -0.2) is 95.4 Å². The van der Waals surface area contributed by atoms with Gasteiger partial charge in [-0.25, -0.2) is 0 Å². The van der Waals surface area contributed by atoms with Crippen LogP contribution in [0.4, 0.5) is 0 Å². The zero-order valence-electron chi connectivity index (χ0n) is 25.9. The zero-order valence-corrected chi connectivity index (χ0v) is 28.4. The topological polar surface area (TPSA) is 121 Å². The van der Waals surface area contributed by atoms with E-state index in [1.165, 1.54) is 16.7 Å². The van der Waals surface area contributed by atoms with Gasteiger partial charge in [0.1, 0.15) is 11.7 Å². The van der Waals surface area contributed by atoms with Crippen molar-refractivity contribution in [3.05, 3.63) is 41.3 Å². The molecule has 1 N–H and O–H groups in total. The summed E-state index contributed by atoms with van der Waals surface area (Å²) in [7, 11) is 7.38. The SMILES string of the molecule is CON(C)Cc1ccc(C(=O)NC2(N(C=O)C(CC(C)C)C(=O)c3nnc(SCCN(C)C)o3)CCCCC2)cc1.Cl.Cl. The Morgan fingerprint density at radius 3 is 2.30 bits per heavy atom. The summed E-state index contributed by atoms with van der Waals surface area (Å²) in [6.45, 7) is 5.38. The maximum atomic E-state index is 13.8. The summed E-state index contributed by atoms with van der Waals surface area (Å²) < 4.78 is 5.73. The van der Waals surface area contributed by atoms with E-state index in [0.717, 1.165) is 37.1 Å². The second-order valence-electron chi connectivity index (χ2n) is 11.3. The molecule has 43 heavy (non-hydrogen) atoms. The molecule has 1 aliphatic rings. The van der Waals surface area contributed by atoms with Gasteiger partial charge < -0.3 is 24.4 Å². The molecule has 0 radical (unpaired) electrons. The molecule has 1 aliphatic carbocycles. The average Bonchev–Trinajstić information content (AvgIpc) is 3.41. The molecule has 1 aromatic heterocycles. The van der Waals surface area contributed by atoms with Gasteiger partial charge in [-0.3, -0.25) is 14.4 Å². The molecule has 11 nitrogen and oxygen atoms in total. The molecule has 1 heterocycles. The average molecular weight is 662 g/mol. The number of hydrogen-bond donors (Lipinski definition) is 1. The molecule has 3 rings (SSSR count). The molecule has 2 aromatic rings. The fourth-order valence-electron chi connectivity index (χ4n) is 5.04. The van der Waals surface area contributed by atoms with E-state index in [0.29, 0.717) is 43.0 Å². The number of amides is 2. The van der Waals surface area contributed by atoms with Gasteiger partial charge in [0.25, 0.3) is 17.0 Å². The van der Waals surface area contributed by atoms with Gasteiger partial charge in [0.2, 0.25) is 12.2 Å². The van der Waals surface area contributed by atoms with Crippen LogP contribution in [0.1, 0.15) is 79.0 Å². The van der Waals surface area contributed by atoms with E-state index in [-0.39, 0.29) is 42.5 Å². The fraction of sp³-hybridized carbons (Fsp3) is 0.621. The first-order chi connectivity index (χ1) is 19.6. The monoisotopic (exact) mass is 660 g/mol. The molecular weight excluding hydrogens is 615 g/mol. The van der Waals surface area contributed by atoms with Crippen molar-refractivity contribution in [1.82, 2.24) is 30.4 Å². The van der Waals surface area contributed by atoms with Gasteiger partial charge in [-0.2, -0.15) is 5.06 Å². The van der Waals surface area contributed by atoms with Crippen LogP contribution in [0, 0.1) is 5.92 Å². The summed E-state index contributed by atoms with van der Waals surface area (Å²) in [5.74, 6) is 0.000906. The molecule has 0 saturated heterocycles. The Bertz CT molecular complexity index is 1140. The first-order valence-corrected chi connectivity index (χ1v) is 15.1. The normalized spacial score (nSPS) is 15.0. The Labute approximate surface area is 271 Å². The van der Waals surface area contributed by atoms with Crippen molar-refractivity contribution in [1.29, 1.82) is 0 Å². The third-order valence-electron chi connectivity index (χ3n) is 7.28. The summed E-state index contributed by atoms with van der Waals surface area (Å²) in [5, 5.41) is 13.2. The highest BCUT2D eigenvalue weighted by atomic mass is 35.5. The van der Waals surface area contributed by atoms with Crippen LogP contribution in [0.2, 0.25) is 0 Å². The number of Topliss-reactive ketones (excluding diaryl/α,β-unsaturated/α-hetero) is 1. The van der Waals surface area contributed by atoms with Gasteiger partial charge in [-0.05, 0) is 69.8 Å². The van der Waals surface area contributed by atoms with Crippen molar-refractivity contribution in [3.8, 4) is 0 Å². The van der Waals surface area contributed by atoms with E-state index in [1.54, 1.807) is 24.3 Å². The van der Waals surface area contributed by atoms with Gasteiger partial charge in [0.05, 0.1) is 7.11 Å². The molecule has 1 unspecified atom stereocenters. The van der Waals surface area contributed by atoms with E-state index in [1.807, 2.05) is 52.0 Å².